The van der Waals surface area contributed by atoms with Crippen LogP contribution in [0.25, 0.3) is 0 Å². The maximum absolute atomic E-state index is 12.2. The molecule has 1 unspecified atom stereocenters. The minimum atomic E-state index is -2.27. The van der Waals surface area contributed by atoms with Crippen molar-refractivity contribution in [3.63, 3.8) is 0 Å². The zero-order valence-electron chi connectivity index (χ0n) is 9.44. The molecule has 0 fully saturated rings. The fourth-order valence-electron chi connectivity index (χ4n) is 1.50. The predicted octanol–water partition coefficient (Wildman–Crippen LogP) is 4.94. The zero-order valence-corrected chi connectivity index (χ0v) is 12.6. The molecule has 0 bridgehead atoms. The molecular weight excluding hydrogens is 325 g/mol. The van der Waals surface area contributed by atoms with Crippen LogP contribution in [0.4, 0.5) is 0 Å². The van der Waals surface area contributed by atoms with Gasteiger partial charge in [-0.2, -0.15) is 0 Å². The van der Waals surface area contributed by atoms with Gasteiger partial charge in [-0.25, -0.2) is 0 Å². The third kappa shape index (κ3) is 3.16. The Morgan fingerprint density at radius 3 is 1.95 bits per heavy atom. The highest BCUT2D eigenvalue weighted by molar-refractivity contribution is 7.71. The van der Waals surface area contributed by atoms with Crippen LogP contribution in [0.1, 0.15) is 10.4 Å². The van der Waals surface area contributed by atoms with Gasteiger partial charge in [0.05, 0.1) is 15.6 Å². The molecule has 6 heteroatoms. The van der Waals surface area contributed by atoms with Crippen LogP contribution in [0, 0.1) is 0 Å². The normalized spacial score (nSPS) is 11.2. The van der Waals surface area contributed by atoms with Crippen molar-refractivity contribution >= 4 is 53.4 Å². The van der Waals surface area contributed by atoms with Crippen molar-refractivity contribution in [1.82, 2.24) is 0 Å². The average Bonchev–Trinajstić information content (AvgIpc) is 2.38. The van der Waals surface area contributed by atoms with Gasteiger partial charge >= 0.3 is 0 Å². The van der Waals surface area contributed by atoms with Gasteiger partial charge in [0.25, 0.3) is 0 Å². The summed E-state index contributed by atoms with van der Waals surface area (Å²) in [6, 6.07) is 10.9. The van der Waals surface area contributed by atoms with E-state index < -0.39 is 13.3 Å². The highest BCUT2D eigenvalue weighted by atomic mass is 35.5. The second kappa shape index (κ2) is 6.02. The molecule has 0 spiro atoms. The van der Waals surface area contributed by atoms with Crippen LogP contribution in [0.15, 0.2) is 42.5 Å². The lowest BCUT2D eigenvalue weighted by Crippen LogP contribution is -2.04. The fraction of sp³-hybridized carbons (Fsp3) is 0. The van der Waals surface area contributed by atoms with Crippen molar-refractivity contribution in [3.8, 4) is 0 Å². The Morgan fingerprint density at radius 1 is 0.895 bits per heavy atom. The van der Waals surface area contributed by atoms with Crippen LogP contribution in [-0.4, -0.2) is 5.52 Å². The molecule has 2 nitrogen and oxygen atoms in total. The second-order valence-electron chi connectivity index (χ2n) is 3.67. The van der Waals surface area contributed by atoms with E-state index in [0.717, 1.165) is 0 Å². The summed E-state index contributed by atoms with van der Waals surface area (Å²) in [6.07, 6.45) is 0. The standard InChI is InChI=1S/C13H7Cl3O2P/c14-8-4-6-9(7-5-8)19(18)13(17)12-10(15)2-1-3-11(12)16/h1-7H. The minimum Gasteiger partial charge on any atom is -0.281 e. The molecule has 0 aliphatic carbocycles. The van der Waals surface area contributed by atoms with Crippen LogP contribution in [0.2, 0.25) is 15.1 Å². The van der Waals surface area contributed by atoms with E-state index in [0.29, 0.717) is 10.3 Å². The maximum atomic E-state index is 12.2. The number of rotatable bonds is 3. The van der Waals surface area contributed by atoms with Crippen molar-refractivity contribution in [1.29, 1.82) is 0 Å². The van der Waals surface area contributed by atoms with E-state index in [1.54, 1.807) is 30.3 Å². The number of carbonyl (C=O) groups is 1. The van der Waals surface area contributed by atoms with Crippen LogP contribution in [0.3, 0.4) is 0 Å². The maximum Gasteiger partial charge on any atom is 0.249 e. The highest BCUT2D eigenvalue weighted by Gasteiger charge is 2.22. The number of carbonyl (C=O) groups excluding carboxylic acids is 1. The largest absolute Gasteiger partial charge is 0.281 e. The smallest absolute Gasteiger partial charge is 0.249 e. The Balaban J connectivity index is 2.39. The first kappa shape index (κ1) is 14.5. The first-order chi connectivity index (χ1) is 9.00. The number of halogens is 3. The topological polar surface area (TPSA) is 34.1 Å². The molecule has 0 aliphatic rings. The van der Waals surface area contributed by atoms with Crippen LogP contribution in [0.5, 0.6) is 0 Å². The first-order valence-corrected chi connectivity index (χ1v) is 7.61. The summed E-state index contributed by atoms with van der Waals surface area (Å²) in [5, 5.41) is 1.28. The van der Waals surface area contributed by atoms with Crippen molar-refractivity contribution in [2.24, 2.45) is 0 Å². The summed E-state index contributed by atoms with van der Waals surface area (Å²) >= 11 is 17.6. The molecule has 2 aromatic rings. The van der Waals surface area contributed by atoms with Crippen molar-refractivity contribution in [2.75, 3.05) is 0 Å². The van der Waals surface area contributed by atoms with Gasteiger partial charge in [-0.15, -0.1) is 0 Å². The van der Waals surface area contributed by atoms with E-state index >= 15 is 0 Å². The van der Waals surface area contributed by atoms with Crippen LogP contribution < -0.4 is 5.30 Å². The molecular formula is C13H7Cl3O2P. The Morgan fingerprint density at radius 2 is 1.42 bits per heavy atom. The van der Waals surface area contributed by atoms with Gasteiger partial charge in [0.15, 0.2) is 7.80 Å². The molecule has 0 aliphatic heterocycles. The van der Waals surface area contributed by atoms with Gasteiger partial charge in [0.1, 0.15) is 0 Å². The molecule has 1 atom stereocenters. The summed E-state index contributed by atoms with van der Waals surface area (Å²) in [6.45, 7) is 0. The van der Waals surface area contributed by atoms with E-state index in [9.17, 15) is 9.36 Å². The molecule has 0 saturated heterocycles. The molecule has 97 valence electrons. The molecule has 0 N–H and O–H groups in total. The Hall–Kier alpha value is -0.920. The Labute approximate surface area is 126 Å². The van der Waals surface area contributed by atoms with Gasteiger partial charge in [0.2, 0.25) is 5.52 Å². The summed E-state index contributed by atoms with van der Waals surface area (Å²) in [5.74, 6) is 0. The van der Waals surface area contributed by atoms with Gasteiger partial charge in [-0.05, 0) is 36.4 Å². The van der Waals surface area contributed by atoms with E-state index in [-0.39, 0.29) is 15.6 Å². The molecule has 0 aromatic heterocycles. The molecule has 19 heavy (non-hydrogen) atoms. The number of hydrogen-bond donors (Lipinski definition) is 0. The molecule has 0 heterocycles. The summed E-state index contributed by atoms with van der Waals surface area (Å²) in [7, 11) is -2.27. The first-order valence-electron chi connectivity index (χ1n) is 5.22. The molecule has 2 aromatic carbocycles. The summed E-state index contributed by atoms with van der Waals surface area (Å²) < 4.78 is 12.2. The second-order valence-corrected chi connectivity index (χ2v) is 6.43. The lowest BCUT2D eigenvalue weighted by molar-refractivity contribution is 0.108. The quantitative estimate of drug-likeness (QED) is 0.746. The lowest BCUT2D eigenvalue weighted by atomic mass is 10.2. The van der Waals surface area contributed by atoms with Crippen LogP contribution in [-0.2, 0) is 4.57 Å². The SMILES string of the molecule is O=C(c1c(Cl)cccc1Cl)[P](=O)c1ccc(Cl)cc1. The molecule has 1 radical (unpaired) electrons. The van der Waals surface area contributed by atoms with Gasteiger partial charge in [-0.3, -0.25) is 9.36 Å². The monoisotopic (exact) mass is 331 g/mol. The predicted molar refractivity (Wildman–Crippen MR) is 79.5 cm³/mol. The van der Waals surface area contributed by atoms with Gasteiger partial charge in [-0.1, -0.05) is 40.9 Å². The number of benzene rings is 2. The van der Waals surface area contributed by atoms with Crippen molar-refractivity contribution in [3.05, 3.63) is 63.1 Å². The Bertz CT molecular complexity index is 633. The van der Waals surface area contributed by atoms with Crippen LogP contribution >= 0.6 is 42.6 Å². The highest BCUT2D eigenvalue weighted by Crippen LogP contribution is 2.34. The Kier molecular flexibility index (Phi) is 4.59. The summed E-state index contributed by atoms with van der Waals surface area (Å²) in [4.78, 5) is 12.2. The van der Waals surface area contributed by atoms with E-state index in [1.807, 2.05) is 0 Å². The number of hydrogen-bond acceptors (Lipinski definition) is 2. The van der Waals surface area contributed by atoms with E-state index in [2.05, 4.69) is 0 Å². The lowest BCUT2D eigenvalue weighted by Gasteiger charge is -2.05. The fourth-order valence-corrected chi connectivity index (χ4v) is 3.42. The molecule has 0 amide bonds. The van der Waals surface area contributed by atoms with E-state index in [1.165, 1.54) is 12.1 Å². The molecule has 2 rings (SSSR count). The van der Waals surface area contributed by atoms with Gasteiger partial charge in [0, 0.05) is 10.3 Å². The summed E-state index contributed by atoms with van der Waals surface area (Å²) in [5.41, 5.74) is -0.505. The third-order valence-electron chi connectivity index (χ3n) is 2.42. The van der Waals surface area contributed by atoms with Crippen molar-refractivity contribution in [2.45, 2.75) is 0 Å². The minimum absolute atomic E-state index is 0.0851. The zero-order chi connectivity index (χ0) is 14.0. The van der Waals surface area contributed by atoms with E-state index in [4.69, 9.17) is 34.8 Å². The third-order valence-corrected chi connectivity index (χ3v) is 4.66. The molecule has 0 saturated carbocycles. The average molecular weight is 333 g/mol. The van der Waals surface area contributed by atoms with Gasteiger partial charge < -0.3 is 0 Å². The van der Waals surface area contributed by atoms with Crippen molar-refractivity contribution < 1.29 is 9.36 Å².